The molecule has 0 aromatic rings. The number of hydrogen-bond donors (Lipinski definition) is 1. The van der Waals surface area contributed by atoms with Crippen molar-refractivity contribution in [3.05, 3.63) is 0 Å². The van der Waals surface area contributed by atoms with Gasteiger partial charge in [-0.1, -0.05) is 6.92 Å². The molecular formula is C8H21NO2Si. The average Bonchev–Trinajstić information content (AvgIpc) is 2.04. The van der Waals surface area contributed by atoms with Gasteiger partial charge >= 0.3 is 8.56 Å². The summed E-state index contributed by atoms with van der Waals surface area (Å²) >= 11 is 0. The first-order valence-electron chi connectivity index (χ1n) is 4.31. The standard InChI is InChI=1S/C8H21NO2Si/c1-7(8(2)9)6-12(5,10-3)11-4/h7-8H,6,9H2,1-5H3. The second kappa shape index (κ2) is 4.96. The molecule has 2 unspecified atom stereocenters. The summed E-state index contributed by atoms with van der Waals surface area (Å²) < 4.78 is 10.7. The first-order chi connectivity index (χ1) is 5.45. The predicted molar refractivity (Wildman–Crippen MR) is 53.3 cm³/mol. The summed E-state index contributed by atoms with van der Waals surface area (Å²) in [6, 6.07) is 1.17. The van der Waals surface area contributed by atoms with E-state index in [-0.39, 0.29) is 6.04 Å². The van der Waals surface area contributed by atoms with Gasteiger partial charge in [0.2, 0.25) is 0 Å². The Morgan fingerprint density at radius 2 is 1.67 bits per heavy atom. The van der Waals surface area contributed by atoms with E-state index in [1.807, 2.05) is 6.92 Å². The second-order valence-electron chi connectivity index (χ2n) is 3.58. The Morgan fingerprint density at radius 3 is 1.92 bits per heavy atom. The first-order valence-corrected chi connectivity index (χ1v) is 6.83. The fraction of sp³-hybridized carbons (Fsp3) is 1.00. The minimum atomic E-state index is -1.90. The van der Waals surface area contributed by atoms with Crippen molar-refractivity contribution in [1.29, 1.82) is 0 Å². The van der Waals surface area contributed by atoms with Crippen LogP contribution in [0.5, 0.6) is 0 Å². The topological polar surface area (TPSA) is 44.5 Å². The maximum absolute atomic E-state index is 5.76. The van der Waals surface area contributed by atoms with Gasteiger partial charge in [0, 0.05) is 20.3 Å². The highest BCUT2D eigenvalue weighted by Crippen LogP contribution is 2.19. The van der Waals surface area contributed by atoms with Crippen molar-refractivity contribution in [2.24, 2.45) is 11.7 Å². The molecule has 0 fully saturated rings. The summed E-state index contributed by atoms with van der Waals surface area (Å²) in [5.74, 6) is 0.460. The van der Waals surface area contributed by atoms with E-state index in [4.69, 9.17) is 14.6 Å². The molecule has 4 heteroatoms. The Balaban J connectivity index is 4.02. The molecule has 0 rings (SSSR count). The molecule has 0 saturated heterocycles. The summed E-state index contributed by atoms with van der Waals surface area (Å²) in [6.07, 6.45) is 0. The van der Waals surface area contributed by atoms with E-state index in [0.29, 0.717) is 5.92 Å². The molecule has 0 aliphatic heterocycles. The molecule has 0 aromatic carbocycles. The van der Waals surface area contributed by atoms with Crippen LogP contribution in [0.25, 0.3) is 0 Å². The van der Waals surface area contributed by atoms with Crippen LogP contribution in [0.15, 0.2) is 0 Å². The van der Waals surface area contributed by atoms with Crippen LogP contribution in [0, 0.1) is 5.92 Å². The Hall–Kier alpha value is 0.0969. The maximum atomic E-state index is 5.76. The quantitative estimate of drug-likeness (QED) is 0.667. The third kappa shape index (κ3) is 3.67. The van der Waals surface area contributed by atoms with Crippen molar-refractivity contribution in [2.75, 3.05) is 14.2 Å². The van der Waals surface area contributed by atoms with Gasteiger partial charge in [-0.15, -0.1) is 0 Å². The van der Waals surface area contributed by atoms with Crippen LogP contribution in [-0.2, 0) is 8.85 Å². The van der Waals surface area contributed by atoms with Crippen molar-refractivity contribution < 1.29 is 8.85 Å². The highest BCUT2D eigenvalue weighted by molar-refractivity contribution is 6.66. The molecule has 0 aromatic heterocycles. The van der Waals surface area contributed by atoms with Crippen LogP contribution in [0.4, 0.5) is 0 Å². The van der Waals surface area contributed by atoms with Crippen molar-refractivity contribution >= 4 is 8.56 Å². The lowest BCUT2D eigenvalue weighted by atomic mass is 10.1. The molecule has 0 aliphatic carbocycles. The lowest BCUT2D eigenvalue weighted by Crippen LogP contribution is -2.41. The molecule has 3 nitrogen and oxygen atoms in total. The van der Waals surface area contributed by atoms with Gasteiger partial charge in [-0.05, 0) is 25.4 Å². The van der Waals surface area contributed by atoms with E-state index < -0.39 is 8.56 Å². The molecular weight excluding hydrogens is 170 g/mol. The van der Waals surface area contributed by atoms with E-state index >= 15 is 0 Å². The fourth-order valence-corrected chi connectivity index (χ4v) is 3.06. The van der Waals surface area contributed by atoms with Crippen molar-refractivity contribution in [1.82, 2.24) is 0 Å². The zero-order valence-corrected chi connectivity index (χ0v) is 9.76. The van der Waals surface area contributed by atoms with Gasteiger partial charge in [0.05, 0.1) is 0 Å². The summed E-state index contributed by atoms with van der Waals surface area (Å²) in [5.41, 5.74) is 5.76. The normalized spacial score (nSPS) is 17.5. The van der Waals surface area contributed by atoms with E-state index in [0.717, 1.165) is 6.04 Å². The SMILES string of the molecule is CO[Si](C)(CC(C)C(C)N)OC. The van der Waals surface area contributed by atoms with Crippen LogP contribution in [0.1, 0.15) is 13.8 Å². The van der Waals surface area contributed by atoms with Crippen LogP contribution in [-0.4, -0.2) is 28.8 Å². The highest BCUT2D eigenvalue weighted by atomic mass is 28.4. The predicted octanol–water partition coefficient (Wildman–Crippen LogP) is 1.33. The number of hydrogen-bond acceptors (Lipinski definition) is 3. The van der Waals surface area contributed by atoms with Gasteiger partial charge in [0.25, 0.3) is 0 Å². The molecule has 0 saturated carbocycles. The molecule has 0 bridgehead atoms. The van der Waals surface area contributed by atoms with Gasteiger partial charge in [-0.3, -0.25) is 0 Å². The monoisotopic (exact) mass is 191 g/mol. The Bertz CT molecular complexity index is 126. The smallest absolute Gasteiger partial charge is 0.334 e. The van der Waals surface area contributed by atoms with Gasteiger partial charge in [-0.25, -0.2) is 0 Å². The lowest BCUT2D eigenvalue weighted by molar-refractivity contribution is 0.240. The van der Waals surface area contributed by atoms with Crippen molar-refractivity contribution in [2.45, 2.75) is 32.5 Å². The lowest BCUT2D eigenvalue weighted by Gasteiger charge is -2.27. The molecule has 0 radical (unpaired) electrons. The molecule has 2 N–H and O–H groups in total. The van der Waals surface area contributed by atoms with Crippen LogP contribution in [0.2, 0.25) is 12.6 Å². The van der Waals surface area contributed by atoms with Gasteiger partial charge in [0.15, 0.2) is 0 Å². The molecule has 0 aliphatic rings. The van der Waals surface area contributed by atoms with Crippen LogP contribution in [0.3, 0.4) is 0 Å². The summed E-state index contributed by atoms with van der Waals surface area (Å²) in [5, 5.41) is 0. The summed E-state index contributed by atoms with van der Waals surface area (Å²) in [6.45, 7) is 6.21. The Morgan fingerprint density at radius 1 is 1.25 bits per heavy atom. The molecule has 74 valence electrons. The van der Waals surface area contributed by atoms with Gasteiger partial charge in [-0.2, -0.15) is 0 Å². The zero-order chi connectivity index (χ0) is 9.78. The highest BCUT2D eigenvalue weighted by Gasteiger charge is 2.31. The third-order valence-corrected chi connectivity index (χ3v) is 5.57. The molecule has 0 amide bonds. The van der Waals surface area contributed by atoms with E-state index in [2.05, 4.69) is 13.5 Å². The summed E-state index contributed by atoms with van der Waals surface area (Å²) in [7, 11) is 1.52. The molecule has 2 atom stereocenters. The largest absolute Gasteiger partial charge is 0.398 e. The Labute approximate surface area is 76.5 Å². The first kappa shape index (κ1) is 12.1. The Kier molecular flexibility index (Phi) is 5.00. The number of nitrogens with two attached hydrogens (primary N) is 1. The van der Waals surface area contributed by atoms with Gasteiger partial charge in [0.1, 0.15) is 0 Å². The minimum Gasteiger partial charge on any atom is -0.398 e. The van der Waals surface area contributed by atoms with Crippen LogP contribution >= 0.6 is 0 Å². The van der Waals surface area contributed by atoms with E-state index in [1.54, 1.807) is 14.2 Å². The zero-order valence-electron chi connectivity index (χ0n) is 8.76. The van der Waals surface area contributed by atoms with Crippen molar-refractivity contribution in [3.8, 4) is 0 Å². The molecule has 12 heavy (non-hydrogen) atoms. The maximum Gasteiger partial charge on any atom is 0.334 e. The van der Waals surface area contributed by atoms with Crippen LogP contribution < -0.4 is 5.73 Å². The van der Waals surface area contributed by atoms with E-state index in [1.165, 1.54) is 0 Å². The molecule has 0 spiro atoms. The second-order valence-corrected chi connectivity index (χ2v) is 7.07. The fourth-order valence-electron chi connectivity index (χ4n) is 1.02. The van der Waals surface area contributed by atoms with E-state index in [9.17, 15) is 0 Å². The minimum absolute atomic E-state index is 0.210. The summed E-state index contributed by atoms with van der Waals surface area (Å²) in [4.78, 5) is 0. The molecule has 0 heterocycles. The third-order valence-electron chi connectivity index (χ3n) is 2.45. The number of rotatable bonds is 5. The van der Waals surface area contributed by atoms with Gasteiger partial charge < -0.3 is 14.6 Å². The van der Waals surface area contributed by atoms with Crippen molar-refractivity contribution in [3.63, 3.8) is 0 Å². The average molecular weight is 191 g/mol.